The first-order valence-corrected chi connectivity index (χ1v) is 10.4. The molecule has 1 atom stereocenters. The van der Waals surface area contributed by atoms with Crippen LogP contribution in [0.2, 0.25) is 0 Å². The van der Waals surface area contributed by atoms with Gasteiger partial charge in [-0.1, -0.05) is 6.92 Å². The van der Waals surface area contributed by atoms with Crippen LogP contribution in [0.5, 0.6) is 0 Å². The van der Waals surface area contributed by atoms with Gasteiger partial charge in [0.05, 0.1) is 18.5 Å². The van der Waals surface area contributed by atoms with Crippen molar-refractivity contribution in [1.29, 1.82) is 0 Å². The number of hydrogen-bond acceptors (Lipinski definition) is 2. The van der Waals surface area contributed by atoms with Gasteiger partial charge in [-0.05, 0) is 33.6 Å². The predicted octanol–water partition coefficient (Wildman–Crippen LogP) is 2.97. The van der Waals surface area contributed by atoms with Gasteiger partial charge >= 0.3 is 0 Å². The molecule has 0 bridgehead atoms. The highest BCUT2D eigenvalue weighted by Gasteiger charge is 2.22. The van der Waals surface area contributed by atoms with Crippen LogP contribution in [0, 0.1) is 0 Å². The quantitative estimate of drug-likeness (QED) is 0.709. The van der Waals surface area contributed by atoms with Crippen LogP contribution in [0.25, 0.3) is 0 Å². The molecule has 0 rings (SSSR count). The van der Waals surface area contributed by atoms with Gasteiger partial charge in [0.15, 0.2) is 0 Å². The highest BCUT2D eigenvalue weighted by Crippen LogP contribution is 2.53. The Morgan fingerprint density at radius 3 is 1.29 bits per heavy atom. The van der Waals surface area contributed by atoms with E-state index >= 15 is 0 Å². The van der Waals surface area contributed by atoms with Crippen molar-refractivity contribution in [3.63, 3.8) is 0 Å². The molecule has 0 saturated carbocycles. The summed E-state index contributed by atoms with van der Waals surface area (Å²) in [6.07, 6.45) is 4.56. The summed E-state index contributed by atoms with van der Waals surface area (Å²) < 4.78 is 10.0. The fourth-order valence-electron chi connectivity index (χ4n) is 0.671. The summed E-state index contributed by atoms with van der Waals surface area (Å²) in [6.45, 7) is 12.3. The average Bonchev–Trinajstić information content (AvgIpc) is 2.16. The van der Waals surface area contributed by atoms with E-state index in [2.05, 4.69) is 27.4 Å². The maximum absolute atomic E-state index is 10.0. The zero-order valence-electron chi connectivity index (χ0n) is 10.5. The van der Waals surface area contributed by atoms with Crippen LogP contribution < -0.4 is 4.89 Å². The molecule has 0 aliphatic rings. The van der Waals surface area contributed by atoms with Crippen molar-refractivity contribution < 1.29 is 9.46 Å². The second-order valence-corrected chi connectivity index (χ2v) is 11.7. The summed E-state index contributed by atoms with van der Waals surface area (Å²) in [6, 6.07) is 0. The highest BCUT2D eigenvalue weighted by atomic mass is 31.2. The lowest BCUT2D eigenvalue weighted by Crippen LogP contribution is -1.98. The molecule has 0 heterocycles. The Kier molecular flexibility index (Phi) is 9.55. The zero-order chi connectivity index (χ0) is 11.8. The Hall–Kier alpha value is 0.620. The van der Waals surface area contributed by atoms with Crippen molar-refractivity contribution >= 4 is 14.6 Å². The molecule has 1 unspecified atom stereocenters. The Morgan fingerprint density at radius 1 is 1.07 bits per heavy atom. The summed E-state index contributed by atoms with van der Waals surface area (Å²) >= 11 is 0. The fraction of sp³-hybridized carbons (Fsp3) is 1.00. The van der Waals surface area contributed by atoms with Gasteiger partial charge in [0.1, 0.15) is 0 Å². The highest BCUT2D eigenvalue weighted by molar-refractivity contribution is 7.75. The molecular weight excluding hydrogens is 214 g/mol. The first kappa shape index (κ1) is 17.0. The topological polar surface area (TPSA) is 40.1 Å². The van der Waals surface area contributed by atoms with E-state index < -0.39 is 14.6 Å². The first-order chi connectivity index (χ1) is 6.24. The lowest BCUT2D eigenvalue weighted by atomic mass is 10.9. The van der Waals surface area contributed by atoms with Gasteiger partial charge < -0.3 is 9.46 Å². The summed E-state index contributed by atoms with van der Waals surface area (Å²) in [5.74, 6) is 0. The van der Waals surface area contributed by atoms with Gasteiger partial charge in [0.2, 0.25) is 0 Å². The Morgan fingerprint density at radius 2 is 1.29 bits per heavy atom. The van der Waals surface area contributed by atoms with Gasteiger partial charge in [-0.25, -0.2) is 0 Å². The van der Waals surface area contributed by atoms with E-state index in [0.717, 1.165) is 0 Å². The lowest BCUT2D eigenvalue weighted by Gasteiger charge is -2.16. The predicted molar refractivity (Wildman–Crippen MR) is 68.5 cm³/mol. The second kappa shape index (κ2) is 7.85. The lowest BCUT2D eigenvalue weighted by molar-refractivity contribution is -0.173. The van der Waals surface area contributed by atoms with Gasteiger partial charge in [0, 0.05) is 21.3 Å². The minimum atomic E-state index is -2.90. The van der Waals surface area contributed by atoms with Gasteiger partial charge in [-0.3, -0.25) is 0 Å². The third-order valence-corrected chi connectivity index (χ3v) is 8.59. The number of hydrogen-bond donors (Lipinski definition) is 0. The monoisotopic (exact) mass is 240 g/mol. The first-order valence-electron chi connectivity index (χ1n) is 5.35. The molecule has 88 valence electrons. The van der Waals surface area contributed by atoms with Crippen LogP contribution in [0.15, 0.2) is 0 Å². The van der Waals surface area contributed by atoms with Crippen molar-refractivity contribution in [3.8, 4) is 0 Å². The molecule has 0 N–H and O–H groups in total. The van der Waals surface area contributed by atoms with E-state index in [1.807, 2.05) is 0 Å². The van der Waals surface area contributed by atoms with Gasteiger partial charge in [-0.2, -0.15) is 0 Å². The SMILES string of the molecule is CCP(C)(=O)[O-].CC[P+](C)(CC)CC. The van der Waals surface area contributed by atoms with E-state index in [4.69, 9.17) is 0 Å². The molecule has 0 aromatic rings. The molecule has 0 amide bonds. The smallest absolute Gasteiger partial charge is 0.0563 e. The zero-order valence-corrected chi connectivity index (χ0v) is 12.3. The Bertz CT molecular complexity index is 163. The van der Waals surface area contributed by atoms with Crippen LogP contribution in [0.4, 0.5) is 0 Å². The molecule has 0 aromatic heterocycles. The van der Waals surface area contributed by atoms with Crippen LogP contribution in [0.3, 0.4) is 0 Å². The summed E-state index contributed by atoms with van der Waals surface area (Å²) in [5.41, 5.74) is 0. The van der Waals surface area contributed by atoms with E-state index in [0.29, 0.717) is 0 Å². The van der Waals surface area contributed by atoms with E-state index in [9.17, 15) is 9.46 Å². The molecule has 0 spiro atoms. The molecule has 0 aliphatic carbocycles. The van der Waals surface area contributed by atoms with E-state index in [-0.39, 0.29) is 6.16 Å². The van der Waals surface area contributed by atoms with Crippen molar-refractivity contribution in [2.24, 2.45) is 0 Å². The van der Waals surface area contributed by atoms with Gasteiger partial charge in [-0.15, -0.1) is 0 Å². The molecule has 0 saturated heterocycles. The maximum atomic E-state index is 10.0. The standard InChI is InChI=1S/C7H18P.C3H9O2P/c1-5-8(4,6-2)7-3;1-3-6(2,4)5/h5-7H2,1-4H3;3H2,1-2H3,(H,4,5)/q+1;/p-1. The molecule has 0 aliphatic heterocycles. The van der Waals surface area contributed by atoms with Crippen LogP contribution in [-0.2, 0) is 4.57 Å². The molecular formula is C10H26O2P2. The number of rotatable bonds is 4. The minimum Gasteiger partial charge on any atom is -0.799 e. The third kappa shape index (κ3) is 10.7. The van der Waals surface area contributed by atoms with E-state index in [1.165, 1.54) is 25.2 Å². The van der Waals surface area contributed by atoms with Crippen molar-refractivity contribution in [1.82, 2.24) is 0 Å². The Labute approximate surface area is 90.3 Å². The Balaban J connectivity index is 0. The van der Waals surface area contributed by atoms with Crippen molar-refractivity contribution in [2.45, 2.75) is 27.7 Å². The third-order valence-electron chi connectivity index (χ3n) is 2.86. The molecule has 14 heavy (non-hydrogen) atoms. The van der Waals surface area contributed by atoms with E-state index in [1.54, 1.807) is 6.92 Å². The fourth-order valence-corrected chi connectivity index (χ4v) is 2.01. The largest absolute Gasteiger partial charge is 0.799 e. The molecule has 0 radical (unpaired) electrons. The maximum Gasteiger partial charge on any atom is 0.0563 e. The molecule has 4 heteroatoms. The van der Waals surface area contributed by atoms with Crippen LogP contribution in [0.1, 0.15) is 27.7 Å². The average molecular weight is 240 g/mol. The second-order valence-electron chi connectivity index (χ2n) is 3.90. The molecule has 2 nitrogen and oxygen atoms in total. The van der Waals surface area contributed by atoms with Crippen LogP contribution in [-0.4, -0.2) is 38.0 Å². The minimum absolute atomic E-state index is 0.271. The van der Waals surface area contributed by atoms with Crippen molar-refractivity contribution in [3.05, 3.63) is 0 Å². The van der Waals surface area contributed by atoms with Gasteiger partial charge in [0.25, 0.3) is 0 Å². The summed E-state index contributed by atoms with van der Waals surface area (Å²) in [4.78, 5) is 10.0. The molecule has 0 aromatic carbocycles. The molecule has 0 fully saturated rings. The van der Waals surface area contributed by atoms with Crippen LogP contribution >= 0.6 is 14.6 Å². The normalized spacial score (nSPS) is 15.4. The summed E-state index contributed by atoms with van der Waals surface area (Å²) in [7, 11) is -3.31. The summed E-state index contributed by atoms with van der Waals surface area (Å²) in [5, 5.41) is 0. The van der Waals surface area contributed by atoms with Crippen molar-refractivity contribution in [2.75, 3.05) is 38.0 Å².